The second-order valence-electron chi connectivity index (χ2n) is 6.79. The molecule has 1 aliphatic rings. The van der Waals surface area contributed by atoms with Crippen LogP contribution in [0.25, 0.3) is 0 Å². The molecule has 1 aromatic rings. The van der Waals surface area contributed by atoms with Gasteiger partial charge in [0.25, 0.3) is 0 Å². The lowest BCUT2D eigenvalue weighted by atomic mass is 9.74. The number of methoxy groups -OCH3 is 1. The third kappa shape index (κ3) is 4.90. The molecule has 1 fully saturated rings. The number of nitrogens with zero attached hydrogens (tertiary/aromatic N) is 1. The first-order chi connectivity index (χ1) is 13.0. The zero-order chi connectivity index (χ0) is 19.9. The Bertz CT molecular complexity index is 694. The lowest BCUT2D eigenvalue weighted by molar-refractivity contribution is -0.141. The van der Waals surface area contributed by atoms with Gasteiger partial charge in [-0.25, -0.2) is 0 Å². The van der Waals surface area contributed by atoms with E-state index in [-0.39, 0.29) is 30.6 Å². The Labute approximate surface area is 165 Å². The number of hydrogen-bond acceptors (Lipinski definition) is 5. The maximum absolute atomic E-state index is 13.3. The molecule has 148 valence electrons. The molecule has 0 unspecified atom stereocenters. The third-order valence-corrected chi connectivity index (χ3v) is 5.50. The zero-order valence-corrected chi connectivity index (χ0v) is 17.1. The molecule has 1 atom stereocenters. The van der Waals surface area contributed by atoms with Gasteiger partial charge in [-0.15, -0.1) is 0 Å². The number of ether oxygens (including phenoxy) is 1. The van der Waals surface area contributed by atoms with E-state index < -0.39 is 5.41 Å². The van der Waals surface area contributed by atoms with Crippen molar-refractivity contribution >= 4 is 29.5 Å². The summed E-state index contributed by atoms with van der Waals surface area (Å²) in [6, 6.07) is 7.51. The van der Waals surface area contributed by atoms with Gasteiger partial charge in [-0.1, -0.05) is 24.3 Å². The normalized spacial score (nSPS) is 19.6. The summed E-state index contributed by atoms with van der Waals surface area (Å²) >= 11 is 1.64. The fraction of sp³-hybridized carbons (Fsp3) is 0.550. The SMILES string of the molecule is COCCCN1C(=O)C[C@](CC(=O)NCCSC)(c2ccccc2C)C1=O. The molecule has 1 N–H and O–H groups in total. The van der Waals surface area contributed by atoms with Crippen LogP contribution in [-0.2, 0) is 24.5 Å². The van der Waals surface area contributed by atoms with Gasteiger partial charge >= 0.3 is 0 Å². The summed E-state index contributed by atoms with van der Waals surface area (Å²) in [5.41, 5.74) is 0.547. The average molecular weight is 393 g/mol. The predicted molar refractivity (Wildman–Crippen MR) is 107 cm³/mol. The van der Waals surface area contributed by atoms with E-state index in [9.17, 15) is 14.4 Å². The fourth-order valence-electron chi connectivity index (χ4n) is 3.58. The Morgan fingerprint density at radius 3 is 2.74 bits per heavy atom. The number of thioether (sulfide) groups is 1. The van der Waals surface area contributed by atoms with E-state index in [1.54, 1.807) is 18.9 Å². The van der Waals surface area contributed by atoms with Gasteiger partial charge in [-0.05, 0) is 30.7 Å². The minimum Gasteiger partial charge on any atom is -0.385 e. The van der Waals surface area contributed by atoms with Crippen molar-refractivity contribution in [1.29, 1.82) is 0 Å². The fourth-order valence-corrected chi connectivity index (χ4v) is 3.88. The van der Waals surface area contributed by atoms with Crippen LogP contribution in [0.2, 0.25) is 0 Å². The minimum atomic E-state index is -1.13. The molecule has 1 aromatic carbocycles. The first kappa shape index (κ1) is 21.4. The maximum Gasteiger partial charge on any atom is 0.240 e. The second-order valence-corrected chi connectivity index (χ2v) is 7.78. The van der Waals surface area contributed by atoms with Crippen molar-refractivity contribution in [2.75, 3.05) is 38.8 Å². The topological polar surface area (TPSA) is 75.7 Å². The van der Waals surface area contributed by atoms with Crippen LogP contribution in [-0.4, -0.2) is 61.4 Å². The highest BCUT2D eigenvalue weighted by Gasteiger charge is 2.53. The predicted octanol–water partition coefficient (Wildman–Crippen LogP) is 1.90. The molecule has 0 bridgehead atoms. The molecule has 1 heterocycles. The van der Waals surface area contributed by atoms with Crippen molar-refractivity contribution in [3.8, 4) is 0 Å². The lowest BCUT2D eigenvalue weighted by Gasteiger charge is -2.28. The molecular weight excluding hydrogens is 364 g/mol. The Balaban J connectivity index is 2.31. The molecule has 0 aromatic heterocycles. The van der Waals surface area contributed by atoms with Crippen molar-refractivity contribution in [2.45, 2.75) is 31.6 Å². The summed E-state index contributed by atoms with van der Waals surface area (Å²) in [5.74, 6) is 0.0976. The van der Waals surface area contributed by atoms with Crippen molar-refractivity contribution in [3.63, 3.8) is 0 Å². The molecule has 0 aliphatic carbocycles. The van der Waals surface area contributed by atoms with Crippen molar-refractivity contribution in [2.24, 2.45) is 0 Å². The van der Waals surface area contributed by atoms with E-state index >= 15 is 0 Å². The Kier molecular flexibility index (Phi) is 7.86. The van der Waals surface area contributed by atoms with E-state index in [4.69, 9.17) is 4.74 Å². The molecule has 7 heteroatoms. The highest BCUT2D eigenvalue weighted by molar-refractivity contribution is 7.98. The quantitative estimate of drug-likeness (QED) is 0.486. The average Bonchev–Trinajstić information content (AvgIpc) is 2.87. The van der Waals surface area contributed by atoms with Gasteiger partial charge in [-0.3, -0.25) is 19.3 Å². The number of nitrogens with one attached hydrogen (secondary N) is 1. The highest BCUT2D eigenvalue weighted by Crippen LogP contribution is 2.41. The third-order valence-electron chi connectivity index (χ3n) is 4.89. The minimum absolute atomic E-state index is 0.0163. The number of carbonyl (C=O) groups excluding carboxylic acids is 3. The second kappa shape index (κ2) is 9.90. The summed E-state index contributed by atoms with van der Waals surface area (Å²) in [6.07, 6.45) is 2.56. The number of aryl methyl sites for hydroxylation is 1. The molecule has 27 heavy (non-hydrogen) atoms. The van der Waals surface area contributed by atoms with Crippen LogP contribution in [0, 0.1) is 6.92 Å². The van der Waals surface area contributed by atoms with Gasteiger partial charge in [0.05, 0.1) is 5.41 Å². The Hall–Kier alpha value is -1.86. The number of imide groups is 1. The van der Waals surface area contributed by atoms with E-state index in [0.717, 1.165) is 16.9 Å². The maximum atomic E-state index is 13.3. The van der Waals surface area contributed by atoms with Gasteiger partial charge < -0.3 is 10.1 Å². The molecule has 1 aliphatic heterocycles. The molecular formula is C20H28N2O4S. The number of rotatable bonds is 10. The highest BCUT2D eigenvalue weighted by atomic mass is 32.2. The van der Waals surface area contributed by atoms with Crippen molar-refractivity contribution in [1.82, 2.24) is 10.2 Å². The van der Waals surface area contributed by atoms with Crippen LogP contribution >= 0.6 is 11.8 Å². The molecule has 0 saturated carbocycles. The van der Waals surface area contributed by atoms with Gasteiger partial charge in [0.1, 0.15) is 0 Å². The number of hydrogen-bond donors (Lipinski definition) is 1. The molecule has 0 radical (unpaired) electrons. The van der Waals surface area contributed by atoms with Crippen LogP contribution in [0.3, 0.4) is 0 Å². The van der Waals surface area contributed by atoms with E-state index in [1.807, 2.05) is 37.4 Å². The number of likely N-dealkylation sites (tertiary alicyclic amines) is 1. The summed E-state index contributed by atoms with van der Waals surface area (Å²) in [7, 11) is 1.59. The van der Waals surface area contributed by atoms with Crippen LogP contribution in [0.5, 0.6) is 0 Å². The summed E-state index contributed by atoms with van der Waals surface area (Å²) in [4.78, 5) is 39.8. The molecule has 0 spiro atoms. The largest absolute Gasteiger partial charge is 0.385 e. The van der Waals surface area contributed by atoms with Gasteiger partial charge in [-0.2, -0.15) is 11.8 Å². The van der Waals surface area contributed by atoms with Crippen molar-refractivity contribution < 1.29 is 19.1 Å². The Morgan fingerprint density at radius 2 is 2.07 bits per heavy atom. The zero-order valence-electron chi connectivity index (χ0n) is 16.2. The Morgan fingerprint density at radius 1 is 1.33 bits per heavy atom. The van der Waals surface area contributed by atoms with E-state index in [1.165, 1.54) is 4.90 Å². The number of carbonyl (C=O) groups is 3. The molecule has 1 saturated heterocycles. The molecule has 2 rings (SSSR count). The monoisotopic (exact) mass is 392 g/mol. The van der Waals surface area contributed by atoms with Crippen molar-refractivity contribution in [3.05, 3.63) is 35.4 Å². The van der Waals surface area contributed by atoms with E-state index in [2.05, 4.69) is 5.32 Å². The van der Waals surface area contributed by atoms with E-state index in [0.29, 0.717) is 26.1 Å². The standard InChI is InChI=1S/C20H28N2O4S/c1-15-7-4-5-8-16(15)20(13-17(23)21-9-12-27-3)14-18(24)22(19(20)25)10-6-11-26-2/h4-5,7-8H,6,9-14H2,1-3H3,(H,21,23)/t20-/m1/s1. The van der Waals surface area contributed by atoms with Gasteiger partial charge in [0.15, 0.2) is 0 Å². The smallest absolute Gasteiger partial charge is 0.240 e. The number of amides is 3. The number of benzene rings is 1. The van der Waals surface area contributed by atoms with Crippen LogP contribution in [0.1, 0.15) is 30.4 Å². The lowest BCUT2D eigenvalue weighted by Crippen LogP contribution is -2.43. The summed E-state index contributed by atoms with van der Waals surface area (Å²) < 4.78 is 5.03. The van der Waals surface area contributed by atoms with Crippen LogP contribution in [0.4, 0.5) is 0 Å². The first-order valence-corrected chi connectivity index (χ1v) is 10.5. The molecule has 3 amide bonds. The van der Waals surface area contributed by atoms with Gasteiger partial charge in [0.2, 0.25) is 17.7 Å². The van der Waals surface area contributed by atoms with Gasteiger partial charge in [0, 0.05) is 45.4 Å². The summed E-state index contributed by atoms with van der Waals surface area (Å²) in [5, 5.41) is 2.87. The molecule has 6 nitrogen and oxygen atoms in total. The van der Waals surface area contributed by atoms with Crippen LogP contribution < -0.4 is 5.32 Å². The first-order valence-electron chi connectivity index (χ1n) is 9.11. The summed E-state index contributed by atoms with van der Waals surface area (Å²) in [6.45, 7) is 3.24. The van der Waals surface area contributed by atoms with Crippen LogP contribution in [0.15, 0.2) is 24.3 Å².